The van der Waals surface area contributed by atoms with Crippen molar-refractivity contribution in [3.63, 3.8) is 0 Å². The lowest BCUT2D eigenvalue weighted by molar-refractivity contribution is 0.0810. The van der Waals surface area contributed by atoms with Crippen molar-refractivity contribution in [3.05, 3.63) is 64.7 Å². The Morgan fingerprint density at radius 3 is 2.52 bits per heavy atom. The van der Waals surface area contributed by atoms with Crippen LogP contribution in [0.1, 0.15) is 37.0 Å². The zero-order chi connectivity index (χ0) is 14.7. The molecule has 1 atom stereocenters. The average Bonchev–Trinajstić information content (AvgIpc) is 2.63. The van der Waals surface area contributed by atoms with Crippen molar-refractivity contribution >= 4 is 17.7 Å². The van der Waals surface area contributed by atoms with Gasteiger partial charge in [-0.1, -0.05) is 73.5 Å². The van der Waals surface area contributed by atoms with Gasteiger partial charge in [0.15, 0.2) is 0 Å². The predicted molar refractivity (Wildman–Crippen MR) is 89.3 cm³/mol. The number of unbranched alkanes of at least 4 members (excludes halogenated alkanes) is 1. The molecule has 0 fully saturated rings. The molecule has 0 spiro atoms. The van der Waals surface area contributed by atoms with Crippen LogP contribution in [0.15, 0.2) is 53.6 Å². The quantitative estimate of drug-likeness (QED) is 0.648. The first-order valence-electron chi connectivity index (χ1n) is 7.48. The van der Waals surface area contributed by atoms with Gasteiger partial charge in [-0.2, -0.15) is 0 Å². The fraction of sp³-hybridized carbons (Fsp3) is 0.263. The first-order valence-corrected chi connectivity index (χ1v) is 7.86. The van der Waals surface area contributed by atoms with Crippen LogP contribution >= 0.6 is 11.6 Å². The van der Waals surface area contributed by atoms with Crippen LogP contribution in [0, 0.1) is 0 Å². The van der Waals surface area contributed by atoms with Crippen LogP contribution in [0.2, 0.25) is 0 Å². The minimum Gasteiger partial charge on any atom is -0.368 e. The van der Waals surface area contributed by atoms with Crippen LogP contribution < -0.4 is 0 Å². The third-order valence-electron chi connectivity index (χ3n) is 3.82. The fourth-order valence-corrected chi connectivity index (χ4v) is 3.02. The minimum absolute atomic E-state index is 0.165. The number of ether oxygens (including phenoxy) is 1. The highest BCUT2D eigenvalue weighted by molar-refractivity contribution is 6.32. The monoisotopic (exact) mass is 298 g/mol. The molecular weight excluding hydrogens is 280 g/mol. The highest BCUT2D eigenvalue weighted by Gasteiger charge is 2.23. The highest BCUT2D eigenvalue weighted by atomic mass is 35.5. The topological polar surface area (TPSA) is 9.23 Å². The summed E-state index contributed by atoms with van der Waals surface area (Å²) in [6, 6.07) is 16.7. The zero-order valence-corrected chi connectivity index (χ0v) is 12.9. The molecule has 21 heavy (non-hydrogen) atoms. The molecule has 0 bridgehead atoms. The van der Waals surface area contributed by atoms with Crippen molar-refractivity contribution in [2.45, 2.75) is 25.9 Å². The molecule has 3 rings (SSSR count). The summed E-state index contributed by atoms with van der Waals surface area (Å²) in [5, 5.41) is 0.753. The summed E-state index contributed by atoms with van der Waals surface area (Å²) in [4.78, 5) is 0. The van der Waals surface area contributed by atoms with Gasteiger partial charge in [0.05, 0.1) is 5.03 Å². The Morgan fingerprint density at radius 1 is 1.00 bits per heavy atom. The van der Waals surface area contributed by atoms with Gasteiger partial charge in [-0.15, -0.1) is 0 Å². The molecule has 0 radical (unpaired) electrons. The standard InChI is InChI=1S/C19H19ClO/c1-2-3-12-21-19-17-11-7-6-10-16(17)15-9-5-4-8-14(15)13-18(19)20/h4-11,13,19H,2-3,12H2,1H3. The predicted octanol–water partition coefficient (Wildman–Crippen LogP) is 5.80. The van der Waals surface area contributed by atoms with Crippen LogP contribution in [0.25, 0.3) is 17.2 Å². The van der Waals surface area contributed by atoms with Gasteiger partial charge in [0.1, 0.15) is 6.10 Å². The van der Waals surface area contributed by atoms with E-state index in [9.17, 15) is 0 Å². The van der Waals surface area contributed by atoms with Crippen molar-refractivity contribution < 1.29 is 4.74 Å². The number of hydrogen-bond donors (Lipinski definition) is 0. The minimum atomic E-state index is -0.165. The summed E-state index contributed by atoms with van der Waals surface area (Å²) in [6.07, 6.45) is 4.04. The molecule has 0 amide bonds. The maximum atomic E-state index is 6.56. The van der Waals surface area contributed by atoms with E-state index in [1.165, 1.54) is 11.1 Å². The van der Waals surface area contributed by atoms with Gasteiger partial charge in [-0.25, -0.2) is 0 Å². The van der Waals surface area contributed by atoms with Crippen molar-refractivity contribution in [3.8, 4) is 11.1 Å². The second-order valence-electron chi connectivity index (χ2n) is 5.31. The molecule has 2 aromatic rings. The summed E-state index contributed by atoms with van der Waals surface area (Å²) in [6.45, 7) is 2.90. The first-order chi connectivity index (χ1) is 10.3. The van der Waals surface area contributed by atoms with Gasteiger partial charge in [0.2, 0.25) is 0 Å². The molecule has 0 heterocycles. The Kier molecular flexibility index (Phi) is 4.42. The molecule has 2 aromatic carbocycles. The summed E-state index contributed by atoms with van der Waals surface area (Å²) < 4.78 is 6.07. The second-order valence-corrected chi connectivity index (χ2v) is 5.74. The van der Waals surface area contributed by atoms with Crippen molar-refractivity contribution in [1.29, 1.82) is 0 Å². The van der Waals surface area contributed by atoms with Crippen molar-refractivity contribution in [2.24, 2.45) is 0 Å². The Balaban J connectivity index is 2.08. The van der Waals surface area contributed by atoms with E-state index >= 15 is 0 Å². The molecule has 1 aliphatic carbocycles. The molecule has 108 valence electrons. The van der Waals surface area contributed by atoms with Crippen LogP contribution in [-0.2, 0) is 4.74 Å². The Bertz CT molecular complexity index is 660. The van der Waals surface area contributed by atoms with E-state index in [2.05, 4.69) is 43.3 Å². The summed E-state index contributed by atoms with van der Waals surface area (Å²) in [7, 11) is 0. The number of rotatable bonds is 4. The molecule has 1 aliphatic rings. The lowest BCUT2D eigenvalue weighted by Gasteiger charge is -2.19. The molecule has 0 saturated carbocycles. The van der Waals surface area contributed by atoms with E-state index in [0.29, 0.717) is 0 Å². The first kappa shape index (κ1) is 14.4. The third kappa shape index (κ3) is 2.90. The number of fused-ring (bicyclic) bond motifs is 3. The summed E-state index contributed by atoms with van der Waals surface area (Å²) in [5.41, 5.74) is 4.73. The SMILES string of the molecule is CCCCOC1C(Cl)=Cc2ccccc2-c2ccccc21. The molecule has 0 N–H and O–H groups in total. The van der Waals surface area contributed by atoms with E-state index in [0.717, 1.165) is 35.6 Å². The van der Waals surface area contributed by atoms with Gasteiger partial charge in [-0.05, 0) is 34.8 Å². The number of halogens is 1. The third-order valence-corrected chi connectivity index (χ3v) is 4.13. The van der Waals surface area contributed by atoms with Crippen LogP contribution in [0.5, 0.6) is 0 Å². The Labute approximate surface area is 131 Å². The van der Waals surface area contributed by atoms with Gasteiger partial charge in [0, 0.05) is 6.61 Å². The Morgan fingerprint density at radius 2 is 1.71 bits per heavy atom. The van der Waals surface area contributed by atoms with Crippen molar-refractivity contribution in [1.82, 2.24) is 0 Å². The molecular formula is C19H19ClO. The van der Waals surface area contributed by atoms with Crippen LogP contribution in [-0.4, -0.2) is 6.61 Å². The van der Waals surface area contributed by atoms with Crippen molar-refractivity contribution in [2.75, 3.05) is 6.61 Å². The molecule has 1 unspecified atom stereocenters. The van der Waals surface area contributed by atoms with Gasteiger partial charge < -0.3 is 4.74 Å². The van der Waals surface area contributed by atoms with Gasteiger partial charge in [-0.3, -0.25) is 0 Å². The van der Waals surface area contributed by atoms with E-state index in [-0.39, 0.29) is 6.10 Å². The maximum absolute atomic E-state index is 6.56. The van der Waals surface area contributed by atoms with E-state index in [4.69, 9.17) is 16.3 Å². The van der Waals surface area contributed by atoms with Gasteiger partial charge >= 0.3 is 0 Å². The normalized spacial score (nSPS) is 16.7. The average molecular weight is 299 g/mol. The molecule has 0 saturated heterocycles. The smallest absolute Gasteiger partial charge is 0.119 e. The van der Waals surface area contributed by atoms with Crippen LogP contribution in [0.4, 0.5) is 0 Å². The van der Waals surface area contributed by atoms with E-state index in [1.54, 1.807) is 0 Å². The van der Waals surface area contributed by atoms with Crippen LogP contribution in [0.3, 0.4) is 0 Å². The lowest BCUT2D eigenvalue weighted by Crippen LogP contribution is -2.06. The molecule has 0 aromatic heterocycles. The number of hydrogen-bond acceptors (Lipinski definition) is 1. The summed E-state index contributed by atoms with van der Waals surface area (Å²) >= 11 is 6.56. The maximum Gasteiger partial charge on any atom is 0.119 e. The lowest BCUT2D eigenvalue weighted by atomic mass is 9.96. The molecule has 0 aliphatic heterocycles. The summed E-state index contributed by atoms with van der Waals surface area (Å²) in [5.74, 6) is 0. The molecule has 1 nitrogen and oxygen atoms in total. The zero-order valence-electron chi connectivity index (χ0n) is 12.2. The van der Waals surface area contributed by atoms with E-state index in [1.807, 2.05) is 18.2 Å². The van der Waals surface area contributed by atoms with E-state index < -0.39 is 0 Å². The Hall–Kier alpha value is -1.57. The second kappa shape index (κ2) is 6.46. The number of benzene rings is 2. The van der Waals surface area contributed by atoms with Gasteiger partial charge in [0.25, 0.3) is 0 Å². The fourth-order valence-electron chi connectivity index (χ4n) is 2.73. The largest absolute Gasteiger partial charge is 0.368 e. The molecule has 2 heteroatoms. The highest BCUT2D eigenvalue weighted by Crippen LogP contribution is 2.41.